The van der Waals surface area contributed by atoms with Crippen LogP contribution < -0.4 is 15.0 Å². The number of anilines is 2. The number of ether oxygens (including phenoxy) is 1. The number of aliphatic hydroxyl groups excluding tert-OH is 1. The molecule has 0 fully saturated rings. The molecule has 1 aliphatic heterocycles. The molecule has 1 aliphatic rings. The Hall–Kier alpha value is -3.38. The van der Waals surface area contributed by atoms with Gasteiger partial charge in [0.1, 0.15) is 5.75 Å². The van der Waals surface area contributed by atoms with E-state index in [2.05, 4.69) is 5.32 Å². The Kier molecular flexibility index (Phi) is 4.25. The van der Waals surface area contributed by atoms with Gasteiger partial charge in [0, 0.05) is 34.1 Å². The normalized spacial score (nSPS) is 13.2. The van der Waals surface area contributed by atoms with Crippen LogP contribution in [0.15, 0.2) is 54.6 Å². The van der Waals surface area contributed by atoms with E-state index in [0.29, 0.717) is 34.5 Å². The summed E-state index contributed by atoms with van der Waals surface area (Å²) in [5.41, 5.74) is 2.11. The van der Waals surface area contributed by atoms with E-state index in [9.17, 15) is 9.59 Å². The minimum Gasteiger partial charge on any atom is -0.495 e. The fourth-order valence-electron chi connectivity index (χ4n) is 3.47. The van der Waals surface area contributed by atoms with Crippen LogP contribution in [0.3, 0.4) is 0 Å². The maximum Gasteiger partial charge on any atom is 0.266 e. The second-order valence-corrected chi connectivity index (χ2v) is 6.16. The molecule has 3 aromatic rings. The molecule has 4 rings (SSSR count). The van der Waals surface area contributed by atoms with Crippen molar-refractivity contribution < 1.29 is 19.4 Å². The van der Waals surface area contributed by atoms with Crippen molar-refractivity contribution in [2.24, 2.45) is 0 Å². The molecular formula is C21H18N2O4. The zero-order chi connectivity index (χ0) is 19.0. The van der Waals surface area contributed by atoms with Gasteiger partial charge in [-0.3, -0.25) is 9.59 Å². The molecule has 0 spiro atoms. The molecule has 0 radical (unpaired) electrons. The number of nitrogens with one attached hydrogen (secondary N) is 1. The Morgan fingerprint density at radius 3 is 2.44 bits per heavy atom. The Balaban J connectivity index is 1.91. The summed E-state index contributed by atoms with van der Waals surface area (Å²) in [7, 11) is 1.51. The van der Waals surface area contributed by atoms with E-state index in [1.807, 2.05) is 6.07 Å². The highest BCUT2D eigenvalue weighted by molar-refractivity contribution is 6.36. The lowest BCUT2D eigenvalue weighted by atomic mass is 9.92. The van der Waals surface area contributed by atoms with Gasteiger partial charge in [-0.15, -0.1) is 0 Å². The molecule has 0 aliphatic carbocycles. The van der Waals surface area contributed by atoms with Crippen LogP contribution in [0, 0.1) is 0 Å². The number of methoxy groups -OCH3 is 1. The fourth-order valence-corrected chi connectivity index (χ4v) is 3.47. The number of carbonyl (C=O) groups is 2. The number of hydrogen-bond acceptors (Lipinski definition) is 5. The average Bonchev–Trinajstić information content (AvgIpc) is 2.71. The van der Waals surface area contributed by atoms with Crippen molar-refractivity contribution in [3.63, 3.8) is 0 Å². The summed E-state index contributed by atoms with van der Waals surface area (Å²) in [6.07, 6.45) is 0. The van der Waals surface area contributed by atoms with Crippen LogP contribution in [-0.4, -0.2) is 37.2 Å². The maximum absolute atomic E-state index is 13.2. The SMILES string of the molecule is COc1ccccc1N1C(=O)c2cccc3c(NCCO)ccc(c23)C1=O. The summed E-state index contributed by atoms with van der Waals surface area (Å²) in [4.78, 5) is 27.6. The monoisotopic (exact) mass is 362 g/mol. The first-order valence-corrected chi connectivity index (χ1v) is 8.59. The van der Waals surface area contributed by atoms with Crippen LogP contribution in [-0.2, 0) is 0 Å². The number of benzene rings is 3. The van der Waals surface area contributed by atoms with E-state index in [4.69, 9.17) is 9.84 Å². The number of rotatable bonds is 5. The fraction of sp³-hybridized carbons (Fsp3) is 0.143. The van der Waals surface area contributed by atoms with E-state index in [-0.39, 0.29) is 18.4 Å². The van der Waals surface area contributed by atoms with Crippen molar-refractivity contribution >= 4 is 34.0 Å². The van der Waals surface area contributed by atoms with Gasteiger partial charge in [-0.25, -0.2) is 4.90 Å². The predicted molar refractivity (Wildman–Crippen MR) is 104 cm³/mol. The molecule has 0 unspecified atom stereocenters. The first-order chi connectivity index (χ1) is 13.2. The molecule has 27 heavy (non-hydrogen) atoms. The highest BCUT2D eigenvalue weighted by Crippen LogP contribution is 2.38. The molecule has 0 aromatic heterocycles. The topological polar surface area (TPSA) is 78.9 Å². The Morgan fingerprint density at radius 2 is 1.70 bits per heavy atom. The zero-order valence-electron chi connectivity index (χ0n) is 14.7. The molecule has 6 nitrogen and oxygen atoms in total. The van der Waals surface area contributed by atoms with Gasteiger partial charge >= 0.3 is 0 Å². The van der Waals surface area contributed by atoms with Gasteiger partial charge in [0.05, 0.1) is 19.4 Å². The summed E-state index contributed by atoms with van der Waals surface area (Å²) < 4.78 is 5.34. The van der Waals surface area contributed by atoms with Crippen molar-refractivity contribution in [1.29, 1.82) is 0 Å². The number of carbonyl (C=O) groups excluding carboxylic acids is 2. The number of hydrogen-bond donors (Lipinski definition) is 2. The van der Waals surface area contributed by atoms with E-state index in [1.165, 1.54) is 7.11 Å². The lowest BCUT2D eigenvalue weighted by Gasteiger charge is -2.28. The van der Waals surface area contributed by atoms with E-state index < -0.39 is 0 Å². The van der Waals surface area contributed by atoms with Crippen LogP contribution >= 0.6 is 0 Å². The predicted octanol–water partition coefficient (Wildman–Crippen LogP) is 3.05. The molecule has 0 atom stereocenters. The van der Waals surface area contributed by atoms with Gasteiger partial charge in [-0.05, 0) is 30.3 Å². The second-order valence-electron chi connectivity index (χ2n) is 6.16. The summed E-state index contributed by atoms with van der Waals surface area (Å²) in [5.74, 6) is -0.320. The van der Waals surface area contributed by atoms with Crippen molar-refractivity contribution in [3.8, 4) is 5.75 Å². The highest BCUT2D eigenvalue weighted by atomic mass is 16.5. The van der Waals surface area contributed by atoms with Crippen LogP contribution in [0.2, 0.25) is 0 Å². The largest absolute Gasteiger partial charge is 0.495 e. The molecule has 2 amide bonds. The minimum atomic E-state index is -0.387. The number of para-hydroxylation sites is 2. The summed E-state index contributed by atoms with van der Waals surface area (Å²) >= 11 is 0. The minimum absolute atomic E-state index is 0.0115. The van der Waals surface area contributed by atoms with E-state index >= 15 is 0 Å². The van der Waals surface area contributed by atoms with Gasteiger partial charge in [0.25, 0.3) is 11.8 Å². The first kappa shape index (κ1) is 17.1. The third kappa shape index (κ3) is 2.62. The molecule has 136 valence electrons. The Morgan fingerprint density at radius 1 is 0.963 bits per heavy atom. The van der Waals surface area contributed by atoms with E-state index in [0.717, 1.165) is 16.0 Å². The molecule has 0 saturated heterocycles. The Bertz CT molecular complexity index is 1040. The van der Waals surface area contributed by atoms with Gasteiger partial charge in [-0.2, -0.15) is 0 Å². The van der Waals surface area contributed by atoms with Gasteiger partial charge in [-0.1, -0.05) is 24.3 Å². The third-order valence-corrected chi connectivity index (χ3v) is 4.66. The second kappa shape index (κ2) is 6.74. The number of amides is 2. The lowest BCUT2D eigenvalue weighted by molar-refractivity contribution is 0.0892. The quantitative estimate of drug-likeness (QED) is 0.682. The number of nitrogens with zero attached hydrogens (tertiary/aromatic N) is 1. The summed E-state index contributed by atoms with van der Waals surface area (Å²) in [6, 6.07) is 15.8. The van der Waals surface area contributed by atoms with Crippen LogP contribution in [0.5, 0.6) is 5.75 Å². The van der Waals surface area contributed by atoms with Gasteiger partial charge < -0.3 is 15.2 Å². The molecule has 0 saturated carbocycles. The molecule has 1 heterocycles. The molecule has 3 aromatic carbocycles. The van der Waals surface area contributed by atoms with Gasteiger partial charge in [0.15, 0.2) is 0 Å². The van der Waals surface area contributed by atoms with E-state index in [1.54, 1.807) is 48.5 Å². The standard InChI is InChI=1S/C21H18N2O4/c1-27-18-8-3-2-7-17(18)23-20(25)14-6-4-5-13-16(22-11-12-24)10-9-15(19(13)14)21(23)26/h2-10,22,24H,11-12H2,1H3. The summed E-state index contributed by atoms with van der Waals surface area (Å²) in [5, 5.41) is 13.6. The van der Waals surface area contributed by atoms with Crippen molar-refractivity contribution in [2.45, 2.75) is 0 Å². The number of aliphatic hydroxyl groups is 1. The lowest BCUT2D eigenvalue weighted by Crippen LogP contribution is -2.40. The zero-order valence-corrected chi connectivity index (χ0v) is 14.7. The van der Waals surface area contributed by atoms with Crippen molar-refractivity contribution in [1.82, 2.24) is 0 Å². The molecule has 0 bridgehead atoms. The highest BCUT2D eigenvalue weighted by Gasteiger charge is 2.35. The summed E-state index contributed by atoms with van der Waals surface area (Å²) in [6.45, 7) is 0.371. The molecule has 6 heteroatoms. The van der Waals surface area contributed by atoms with Crippen LogP contribution in [0.25, 0.3) is 10.8 Å². The third-order valence-electron chi connectivity index (χ3n) is 4.66. The maximum atomic E-state index is 13.2. The van der Waals surface area contributed by atoms with Crippen molar-refractivity contribution in [2.75, 3.05) is 30.5 Å². The van der Waals surface area contributed by atoms with Crippen molar-refractivity contribution in [3.05, 3.63) is 65.7 Å². The molecule has 2 N–H and O–H groups in total. The first-order valence-electron chi connectivity index (χ1n) is 8.59. The van der Waals surface area contributed by atoms with Crippen LogP contribution in [0.1, 0.15) is 20.7 Å². The van der Waals surface area contributed by atoms with Crippen LogP contribution in [0.4, 0.5) is 11.4 Å². The number of imide groups is 1. The Labute approximate surface area is 156 Å². The molecular weight excluding hydrogens is 344 g/mol. The smallest absolute Gasteiger partial charge is 0.266 e. The van der Waals surface area contributed by atoms with Gasteiger partial charge in [0.2, 0.25) is 0 Å². The average molecular weight is 362 g/mol.